The highest BCUT2D eigenvalue weighted by Gasteiger charge is 2.31. The van der Waals surface area contributed by atoms with Crippen molar-refractivity contribution in [2.45, 2.75) is 52.1 Å². The molecular formula is C36H45N3O9. The Morgan fingerprint density at radius 2 is 1.44 bits per heavy atom. The fourth-order valence-electron chi connectivity index (χ4n) is 6.07. The second-order valence-corrected chi connectivity index (χ2v) is 11.5. The van der Waals surface area contributed by atoms with E-state index in [0.29, 0.717) is 70.6 Å². The van der Waals surface area contributed by atoms with E-state index in [-0.39, 0.29) is 28.8 Å². The molecule has 3 atom stereocenters. The van der Waals surface area contributed by atoms with Gasteiger partial charge in [0.15, 0.2) is 23.0 Å². The van der Waals surface area contributed by atoms with Crippen LogP contribution in [0.1, 0.15) is 50.8 Å². The predicted molar refractivity (Wildman–Crippen MR) is 184 cm³/mol. The Kier molecular flexibility index (Phi) is 11.6. The topological polar surface area (TPSA) is 143 Å². The van der Waals surface area contributed by atoms with Gasteiger partial charge in [0.2, 0.25) is 28.7 Å². The summed E-state index contributed by atoms with van der Waals surface area (Å²) < 4.78 is 33.5. The highest BCUT2D eigenvalue weighted by molar-refractivity contribution is 5.97. The number of fused-ring (bicyclic) bond motifs is 3. The second-order valence-electron chi connectivity index (χ2n) is 11.5. The highest BCUT2D eigenvalue weighted by atomic mass is 16.5. The minimum Gasteiger partial charge on any atom is -0.493 e. The molecule has 0 bridgehead atoms. The summed E-state index contributed by atoms with van der Waals surface area (Å²) in [6.07, 6.45) is 1.75. The van der Waals surface area contributed by atoms with Crippen molar-refractivity contribution in [3.63, 3.8) is 0 Å². The van der Waals surface area contributed by atoms with E-state index >= 15 is 0 Å². The maximum atomic E-state index is 14.0. The zero-order valence-corrected chi connectivity index (χ0v) is 29.0. The van der Waals surface area contributed by atoms with Crippen molar-refractivity contribution in [2.24, 2.45) is 5.92 Å². The van der Waals surface area contributed by atoms with Crippen molar-refractivity contribution in [1.29, 1.82) is 0 Å². The molecule has 0 aliphatic heterocycles. The summed E-state index contributed by atoms with van der Waals surface area (Å²) in [6.45, 7) is 5.35. The molecule has 12 nitrogen and oxygen atoms in total. The average molecular weight is 664 g/mol. The Hall–Kier alpha value is -5.13. The summed E-state index contributed by atoms with van der Waals surface area (Å²) in [5.41, 5.74) is 3.26. The van der Waals surface area contributed by atoms with E-state index < -0.39 is 12.1 Å². The Labute approximate surface area is 281 Å². The average Bonchev–Trinajstić information content (AvgIpc) is 3.32. The van der Waals surface area contributed by atoms with Crippen LogP contribution in [0.4, 0.5) is 11.4 Å². The van der Waals surface area contributed by atoms with Gasteiger partial charge in [-0.25, -0.2) is 0 Å². The molecule has 1 aliphatic carbocycles. The Bertz CT molecular complexity index is 1700. The lowest BCUT2D eigenvalue weighted by Crippen LogP contribution is -2.40. The van der Waals surface area contributed by atoms with Crippen LogP contribution in [0, 0.1) is 5.92 Å². The van der Waals surface area contributed by atoms with Gasteiger partial charge in [-0.15, -0.1) is 0 Å². The third-order valence-corrected chi connectivity index (χ3v) is 8.65. The molecular weight excluding hydrogens is 618 g/mol. The Morgan fingerprint density at radius 1 is 0.833 bits per heavy atom. The van der Waals surface area contributed by atoms with E-state index in [0.717, 1.165) is 11.1 Å². The molecule has 0 saturated carbocycles. The third-order valence-electron chi connectivity index (χ3n) is 8.65. The van der Waals surface area contributed by atoms with Crippen LogP contribution in [0.3, 0.4) is 0 Å². The van der Waals surface area contributed by atoms with Gasteiger partial charge in [0.1, 0.15) is 6.04 Å². The second kappa shape index (κ2) is 15.6. The molecule has 3 aromatic carbocycles. The van der Waals surface area contributed by atoms with Crippen molar-refractivity contribution >= 4 is 23.2 Å². The van der Waals surface area contributed by atoms with E-state index in [1.807, 2.05) is 26.0 Å². The van der Waals surface area contributed by atoms with Crippen LogP contribution < -0.4 is 49.8 Å². The minimum absolute atomic E-state index is 0.167. The molecule has 3 aromatic rings. The zero-order valence-electron chi connectivity index (χ0n) is 29.0. The van der Waals surface area contributed by atoms with Gasteiger partial charge >= 0.3 is 0 Å². The summed E-state index contributed by atoms with van der Waals surface area (Å²) >= 11 is 0. The Balaban J connectivity index is 1.84. The molecule has 12 heteroatoms. The van der Waals surface area contributed by atoms with E-state index in [9.17, 15) is 14.4 Å². The molecule has 0 spiro atoms. The first-order chi connectivity index (χ1) is 23.0. The SMILES string of the molecule is CC[C@@H](C)[C@H](Nc1ccc2c(cc1=O)[C@@H](NC(C)=O)CCc1cc(OC)c(OC)c(OC)c1-2)C(=O)Nc1cc(OC)c(OC)c(OC)c1. The largest absolute Gasteiger partial charge is 0.493 e. The highest BCUT2D eigenvalue weighted by Crippen LogP contribution is 2.50. The molecule has 0 saturated heterocycles. The van der Waals surface area contributed by atoms with Crippen molar-refractivity contribution < 1.29 is 38.0 Å². The monoisotopic (exact) mass is 663 g/mol. The van der Waals surface area contributed by atoms with Gasteiger partial charge in [0.05, 0.1) is 54.4 Å². The fraction of sp³-hybridized carbons (Fsp3) is 0.417. The summed E-state index contributed by atoms with van der Waals surface area (Å²) in [5.74, 6) is 1.79. The molecule has 3 N–H and O–H groups in total. The minimum atomic E-state index is -0.790. The maximum absolute atomic E-state index is 14.0. The standard InChI is InChI=1S/C36H45N3O9/c1-10-19(2)32(36(42)38-22-16-29(44-5)33(46-7)30(17-22)45-6)39-26-14-12-23-24(18-27(26)41)25(37-20(3)40)13-11-21-15-28(43-4)34(47-8)35(48-9)31(21)23/h12,14-19,25,32H,10-11,13H2,1-9H3,(H,37,40)(H,38,42)(H,39,41)/t19-,25+,32+/m1/s1. The summed E-state index contributed by atoms with van der Waals surface area (Å²) in [6, 6.07) is 8.93. The molecule has 4 rings (SSSR count). The molecule has 0 radical (unpaired) electrons. The van der Waals surface area contributed by atoms with Crippen LogP contribution in [0.25, 0.3) is 11.1 Å². The van der Waals surface area contributed by atoms with Crippen molar-refractivity contribution in [3.8, 4) is 45.6 Å². The molecule has 0 heterocycles. The van der Waals surface area contributed by atoms with E-state index in [1.165, 1.54) is 41.4 Å². The molecule has 0 aromatic heterocycles. The number of methoxy groups -OCH3 is 6. The number of amides is 2. The van der Waals surface area contributed by atoms with Gasteiger partial charge in [-0.1, -0.05) is 26.3 Å². The quantitative estimate of drug-likeness (QED) is 0.219. The maximum Gasteiger partial charge on any atom is 0.247 e. The van der Waals surface area contributed by atoms with Gasteiger partial charge in [0.25, 0.3) is 0 Å². The number of hydrogen-bond donors (Lipinski definition) is 3. The van der Waals surface area contributed by atoms with Gasteiger partial charge in [-0.2, -0.15) is 0 Å². The van der Waals surface area contributed by atoms with Crippen molar-refractivity contribution in [2.75, 3.05) is 53.3 Å². The lowest BCUT2D eigenvalue weighted by Gasteiger charge is -2.24. The number of aryl methyl sites for hydroxylation is 1. The number of carbonyl (C=O) groups is 2. The van der Waals surface area contributed by atoms with E-state index in [2.05, 4.69) is 16.0 Å². The molecule has 0 fully saturated rings. The summed E-state index contributed by atoms with van der Waals surface area (Å²) in [5, 5.41) is 9.18. The predicted octanol–water partition coefficient (Wildman–Crippen LogP) is 5.35. The smallest absolute Gasteiger partial charge is 0.247 e. The molecule has 2 amide bonds. The molecule has 48 heavy (non-hydrogen) atoms. The third kappa shape index (κ3) is 7.22. The number of benzene rings is 2. The van der Waals surface area contributed by atoms with E-state index in [4.69, 9.17) is 28.4 Å². The fourth-order valence-corrected chi connectivity index (χ4v) is 6.07. The number of carbonyl (C=O) groups excluding carboxylic acids is 2. The van der Waals surface area contributed by atoms with Gasteiger partial charge < -0.3 is 44.4 Å². The van der Waals surface area contributed by atoms with E-state index in [1.54, 1.807) is 32.4 Å². The van der Waals surface area contributed by atoms with Crippen molar-refractivity contribution in [1.82, 2.24) is 5.32 Å². The number of nitrogens with one attached hydrogen (secondary N) is 3. The van der Waals surface area contributed by atoms with Crippen LogP contribution in [-0.2, 0) is 16.0 Å². The molecule has 258 valence electrons. The number of rotatable bonds is 13. The first-order valence-electron chi connectivity index (χ1n) is 15.7. The lowest BCUT2D eigenvalue weighted by molar-refractivity contribution is -0.120. The van der Waals surface area contributed by atoms with Gasteiger partial charge in [-0.05, 0) is 53.6 Å². The van der Waals surface area contributed by atoms with Gasteiger partial charge in [-0.3, -0.25) is 14.4 Å². The molecule has 1 aliphatic rings. The van der Waals surface area contributed by atoms with Crippen LogP contribution in [0.15, 0.2) is 41.2 Å². The summed E-state index contributed by atoms with van der Waals surface area (Å²) in [4.78, 5) is 40.1. The number of ether oxygens (including phenoxy) is 6. The number of hydrogen-bond acceptors (Lipinski definition) is 10. The normalized spacial score (nSPS) is 14.6. The van der Waals surface area contributed by atoms with Crippen LogP contribution in [0.5, 0.6) is 34.5 Å². The summed E-state index contributed by atoms with van der Waals surface area (Å²) in [7, 11) is 9.13. The first kappa shape index (κ1) is 35.7. The molecule has 0 unspecified atom stereocenters. The van der Waals surface area contributed by atoms with Crippen LogP contribution >= 0.6 is 0 Å². The number of anilines is 2. The van der Waals surface area contributed by atoms with Gasteiger partial charge in [0, 0.05) is 30.3 Å². The van der Waals surface area contributed by atoms with Crippen LogP contribution in [-0.4, -0.2) is 60.5 Å². The zero-order chi connectivity index (χ0) is 35.1. The Morgan fingerprint density at radius 3 is 1.98 bits per heavy atom. The van der Waals surface area contributed by atoms with Crippen LogP contribution in [0.2, 0.25) is 0 Å². The van der Waals surface area contributed by atoms with Crippen molar-refractivity contribution in [3.05, 3.63) is 57.7 Å². The lowest BCUT2D eigenvalue weighted by atomic mass is 9.95. The first-order valence-corrected chi connectivity index (χ1v) is 15.7.